The van der Waals surface area contributed by atoms with Crippen molar-refractivity contribution in [2.45, 2.75) is 83.5 Å². The van der Waals surface area contributed by atoms with Gasteiger partial charge in [0.2, 0.25) is 5.91 Å². The van der Waals surface area contributed by atoms with Crippen LogP contribution in [-0.4, -0.2) is 39.6 Å². The van der Waals surface area contributed by atoms with Crippen LogP contribution in [0.3, 0.4) is 0 Å². The number of para-hydroxylation sites is 1. The molecule has 6 nitrogen and oxygen atoms in total. The summed E-state index contributed by atoms with van der Waals surface area (Å²) in [5.74, 6) is -0.00330. The second kappa shape index (κ2) is 7.73. The topological polar surface area (TPSA) is 74.4 Å². The number of fused-ring (bicyclic) bond motifs is 3. The Bertz CT molecular complexity index is 906. The van der Waals surface area contributed by atoms with Crippen molar-refractivity contribution in [1.82, 2.24) is 15.2 Å². The van der Waals surface area contributed by atoms with Gasteiger partial charge in [0.1, 0.15) is 11.6 Å². The van der Waals surface area contributed by atoms with Crippen LogP contribution in [0.1, 0.15) is 64.1 Å². The van der Waals surface area contributed by atoms with Gasteiger partial charge in [-0.25, -0.2) is 4.79 Å². The van der Waals surface area contributed by atoms with Gasteiger partial charge in [-0.1, -0.05) is 37.5 Å². The second-order valence-electron chi connectivity index (χ2n) is 9.29. The standard InChI is InChI=1S/C23H31N3O3/c1-23(2,3)29-22(28)25-19-13-17-16-11-7-8-12-18(16)24-20(17)14-26(21(19)27)15-9-5-4-6-10-15/h7-8,11-12,15,19,24H,4-6,9-10,13-14H2,1-3H3,(H,25,28)/t19-/m0/s1. The van der Waals surface area contributed by atoms with E-state index in [0.29, 0.717) is 13.0 Å². The van der Waals surface area contributed by atoms with Gasteiger partial charge in [-0.3, -0.25) is 4.79 Å². The summed E-state index contributed by atoms with van der Waals surface area (Å²) in [6, 6.07) is 7.78. The summed E-state index contributed by atoms with van der Waals surface area (Å²) in [6.45, 7) is 6.05. The molecule has 2 amide bonds. The molecule has 0 bridgehead atoms. The van der Waals surface area contributed by atoms with E-state index < -0.39 is 17.7 Å². The Morgan fingerprint density at radius 2 is 1.90 bits per heavy atom. The number of nitrogens with one attached hydrogen (secondary N) is 2. The minimum atomic E-state index is -0.618. The van der Waals surface area contributed by atoms with Gasteiger partial charge in [0.15, 0.2) is 0 Å². The first-order chi connectivity index (χ1) is 13.8. The molecule has 1 saturated carbocycles. The molecule has 0 unspecified atom stereocenters. The minimum Gasteiger partial charge on any atom is -0.444 e. The lowest BCUT2D eigenvalue weighted by atomic mass is 9.93. The lowest BCUT2D eigenvalue weighted by Crippen LogP contribution is -2.52. The maximum Gasteiger partial charge on any atom is 0.408 e. The van der Waals surface area contributed by atoms with Crippen LogP contribution in [0.4, 0.5) is 4.79 Å². The smallest absolute Gasteiger partial charge is 0.408 e. The number of aromatic nitrogens is 1. The SMILES string of the molecule is CC(C)(C)OC(=O)N[C@H]1Cc2c([nH]c3ccccc23)CN(C2CCCCC2)C1=O. The van der Waals surface area contributed by atoms with Crippen LogP contribution in [0, 0.1) is 0 Å². The number of amides is 2. The normalized spacial score (nSPS) is 21.0. The zero-order chi connectivity index (χ0) is 20.6. The van der Waals surface area contributed by atoms with Gasteiger partial charge in [-0.2, -0.15) is 0 Å². The fourth-order valence-electron chi connectivity index (χ4n) is 4.63. The van der Waals surface area contributed by atoms with Gasteiger partial charge in [0.25, 0.3) is 0 Å². The minimum absolute atomic E-state index is 0.00330. The number of carbonyl (C=O) groups is 2. The van der Waals surface area contributed by atoms with Crippen LogP contribution in [0.15, 0.2) is 24.3 Å². The highest BCUT2D eigenvalue weighted by Gasteiger charge is 2.37. The van der Waals surface area contributed by atoms with Crippen molar-refractivity contribution in [3.8, 4) is 0 Å². The van der Waals surface area contributed by atoms with Crippen molar-refractivity contribution >= 4 is 22.9 Å². The van der Waals surface area contributed by atoms with Gasteiger partial charge < -0.3 is 19.9 Å². The van der Waals surface area contributed by atoms with E-state index in [9.17, 15) is 9.59 Å². The van der Waals surface area contributed by atoms with Gasteiger partial charge in [0, 0.05) is 29.1 Å². The number of hydrogen-bond donors (Lipinski definition) is 2. The van der Waals surface area contributed by atoms with Crippen molar-refractivity contribution in [3.05, 3.63) is 35.5 Å². The van der Waals surface area contributed by atoms with Crippen LogP contribution in [0.25, 0.3) is 10.9 Å². The van der Waals surface area contributed by atoms with Crippen molar-refractivity contribution in [2.75, 3.05) is 0 Å². The average molecular weight is 398 g/mol. The third kappa shape index (κ3) is 4.26. The molecule has 2 aromatic rings. The van der Waals surface area contributed by atoms with E-state index in [4.69, 9.17) is 4.74 Å². The fourth-order valence-corrected chi connectivity index (χ4v) is 4.63. The quantitative estimate of drug-likeness (QED) is 0.794. The number of H-pyrrole nitrogens is 1. The Morgan fingerprint density at radius 1 is 1.17 bits per heavy atom. The Morgan fingerprint density at radius 3 is 2.62 bits per heavy atom. The summed E-state index contributed by atoms with van der Waals surface area (Å²) in [6.07, 6.45) is 5.52. The van der Waals surface area contributed by atoms with Crippen molar-refractivity contribution in [2.24, 2.45) is 0 Å². The Labute approximate surface area is 172 Å². The molecule has 0 radical (unpaired) electrons. The molecule has 156 valence electrons. The van der Waals surface area contributed by atoms with E-state index in [-0.39, 0.29) is 11.9 Å². The van der Waals surface area contributed by atoms with Crippen molar-refractivity contribution in [1.29, 1.82) is 0 Å². The Kier molecular flexibility index (Phi) is 5.28. The molecular weight excluding hydrogens is 366 g/mol. The highest BCUT2D eigenvalue weighted by Crippen LogP contribution is 2.31. The van der Waals surface area contributed by atoms with E-state index >= 15 is 0 Å². The first-order valence-electron chi connectivity index (χ1n) is 10.7. The van der Waals surface area contributed by atoms with Crippen LogP contribution < -0.4 is 5.32 Å². The van der Waals surface area contributed by atoms with Crippen LogP contribution in [0.2, 0.25) is 0 Å². The maximum atomic E-state index is 13.5. The summed E-state index contributed by atoms with van der Waals surface area (Å²) >= 11 is 0. The molecule has 4 rings (SSSR count). The number of benzene rings is 1. The molecule has 1 aliphatic heterocycles. The highest BCUT2D eigenvalue weighted by atomic mass is 16.6. The molecule has 2 heterocycles. The number of hydrogen-bond acceptors (Lipinski definition) is 3. The van der Waals surface area contributed by atoms with Gasteiger partial charge in [-0.05, 0) is 45.2 Å². The van der Waals surface area contributed by atoms with Crippen LogP contribution >= 0.6 is 0 Å². The second-order valence-corrected chi connectivity index (χ2v) is 9.29. The highest BCUT2D eigenvalue weighted by molar-refractivity contribution is 5.90. The fraction of sp³-hybridized carbons (Fsp3) is 0.565. The largest absolute Gasteiger partial charge is 0.444 e. The third-order valence-electron chi connectivity index (χ3n) is 5.93. The zero-order valence-corrected chi connectivity index (χ0v) is 17.6. The summed E-state index contributed by atoms with van der Waals surface area (Å²) in [5, 5.41) is 3.99. The van der Waals surface area contributed by atoms with Crippen LogP contribution in [-0.2, 0) is 22.5 Å². The van der Waals surface area contributed by atoms with E-state index in [1.165, 1.54) is 6.42 Å². The molecule has 1 fully saturated rings. The van der Waals surface area contributed by atoms with Gasteiger partial charge in [-0.15, -0.1) is 0 Å². The molecule has 0 saturated heterocycles. The Balaban J connectivity index is 1.67. The molecule has 1 aliphatic carbocycles. The summed E-state index contributed by atoms with van der Waals surface area (Å²) in [7, 11) is 0. The van der Waals surface area contributed by atoms with Crippen molar-refractivity contribution in [3.63, 3.8) is 0 Å². The van der Waals surface area contributed by atoms with E-state index in [2.05, 4.69) is 22.4 Å². The number of ether oxygens (including phenoxy) is 1. The maximum absolute atomic E-state index is 13.5. The average Bonchev–Trinajstić information content (AvgIpc) is 2.95. The summed E-state index contributed by atoms with van der Waals surface area (Å²) in [4.78, 5) is 31.5. The number of alkyl carbamates (subject to hydrolysis) is 1. The number of rotatable bonds is 2. The first kappa shape index (κ1) is 19.8. The van der Waals surface area contributed by atoms with Gasteiger partial charge in [0.05, 0.1) is 6.54 Å². The number of aromatic amines is 1. The monoisotopic (exact) mass is 397 g/mol. The molecule has 1 aromatic carbocycles. The first-order valence-corrected chi connectivity index (χ1v) is 10.7. The molecule has 6 heteroatoms. The van der Waals surface area contributed by atoms with Gasteiger partial charge >= 0.3 is 6.09 Å². The van der Waals surface area contributed by atoms with E-state index in [1.807, 2.05) is 37.8 Å². The van der Waals surface area contributed by atoms with E-state index in [1.54, 1.807) is 0 Å². The summed E-state index contributed by atoms with van der Waals surface area (Å²) in [5.41, 5.74) is 2.67. The predicted molar refractivity (Wildman–Crippen MR) is 113 cm³/mol. The lowest BCUT2D eigenvalue weighted by Gasteiger charge is -2.35. The molecule has 29 heavy (non-hydrogen) atoms. The Hall–Kier alpha value is -2.50. The molecular formula is C23H31N3O3. The molecule has 2 aliphatic rings. The lowest BCUT2D eigenvalue weighted by molar-refractivity contribution is -0.137. The molecule has 2 N–H and O–H groups in total. The van der Waals surface area contributed by atoms with Crippen LogP contribution in [0.5, 0.6) is 0 Å². The molecule has 1 atom stereocenters. The number of carbonyl (C=O) groups excluding carboxylic acids is 2. The summed E-state index contributed by atoms with van der Waals surface area (Å²) < 4.78 is 5.44. The van der Waals surface area contributed by atoms with E-state index in [0.717, 1.165) is 47.8 Å². The van der Waals surface area contributed by atoms with Crippen molar-refractivity contribution < 1.29 is 14.3 Å². The predicted octanol–water partition coefficient (Wildman–Crippen LogP) is 4.28. The number of nitrogens with zero attached hydrogens (tertiary/aromatic N) is 1. The molecule has 1 aromatic heterocycles. The third-order valence-corrected chi connectivity index (χ3v) is 5.93. The zero-order valence-electron chi connectivity index (χ0n) is 17.6. The molecule has 0 spiro atoms.